The third-order valence-electron chi connectivity index (χ3n) is 2.95. The van der Waals surface area contributed by atoms with Gasteiger partial charge in [0.05, 0.1) is 6.61 Å². The quantitative estimate of drug-likeness (QED) is 0.756. The van der Waals surface area contributed by atoms with Crippen molar-refractivity contribution in [3.8, 4) is 5.75 Å². The molecule has 5 heteroatoms. The SMILES string of the molecule is CCOC(=O)c1csc(COc2ccc(C(C)C)cc2)n1. The highest BCUT2D eigenvalue weighted by molar-refractivity contribution is 7.09. The van der Waals surface area contributed by atoms with Crippen LogP contribution in [0, 0.1) is 0 Å². The standard InChI is InChI=1S/C16H19NO3S/c1-4-19-16(18)14-10-21-15(17-14)9-20-13-7-5-12(6-8-13)11(2)3/h5-8,10-11H,4,9H2,1-3H3. The summed E-state index contributed by atoms with van der Waals surface area (Å²) in [7, 11) is 0. The van der Waals surface area contributed by atoms with Gasteiger partial charge >= 0.3 is 5.97 Å². The maximum absolute atomic E-state index is 11.5. The number of benzene rings is 1. The topological polar surface area (TPSA) is 48.4 Å². The van der Waals surface area contributed by atoms with Gasteiger partial charge in [0.1, 0.15) is 17.4 Å². The molecule has 0 radical (unpaired) electrons. The summed E-state index contributed by atoms with van der Waals surface area (Å²) in [6, 6.07) is 8.03. The molecule has 2 aromatic rings. The van der Waals surface area contributed by atoms with E-state index in [0.29, 0.717) is 24.8 Å². The fraction of sp³-hybridized carbons (Fsp3) is 0.375. The summed E-state index contributed by atoms with van der Waals surface area (Å²) in [6.07, 6.45) is 0. The lowest BCUT2D eigenvalue weighted by Gasteiger charge is -2.07. The van der Waals surface area contributed by atoms with Crippen LogP contribution < -0.4 is 4.74 Å². The first kappa shape index (κ1) is 15.5. The van der Waals surface area contributed by atoms with Crippen molar-refractivity contribution in [3.63, 3.8) is 0 Å². The number of hydrogen-bond acceptors (Lipinski definition) is 5. The Morgan fingerprint density at radius 1 is 1.29 bits per heavy atom. The molecule has 0 unspecified atom stereocenters. The average Bonchev–Trinajstić information content (AvgIpc) is 2.95. The van der Waals surface area contributed by atoms with Crippen molar-refractivity contribution in [1.82, 2.24) is 4.98 Å². The summed E-state index contributed by atoms with van der Waals surface area (Å²) in [5.41, 5.74) is 1.62. The summed E-state index contributed by atoms with van der Waals surface area (Å²) < 4.78 is 10.6. The van der Waals surface area contributed by atoms with Crippen molar-refractivity contribution in [3.05, 3.63) is 45.9 Å². The summed E-state index contributed by atoms with van der Waals surface area (Å²) >= 11 is 1.39. The molecule has 0 aliphatic heterocycles. The molecule has 0 bridgehead atoms. The fourth-order valence-electron chi connectivity index (χ4n) is 1.77. The number of carbonyl (C=O) groups excluding carboxylic acids is 1. The van der Waals surface area contributed by atoms with E-state index in [4.69, 9.17) is 9.47 Å². The molecule has 1 heterocycles. The maximum atomic E-state index is 11.5. The van der Waals surface area contributed by atoms with Crippen LogP contribution in [0.15, 0.2) is 29.6 Å². The highest BCUT2D eigenvalue weighted by Crippen LogP contribution is 2.20. The normalized spacial score (nSPS) is 10.7. The molecule has 0 atom stereocenters. The number of nitrogens with zero attached hydrogens (tertiary/aromatic N) is 1. The van der Waals surface area contributed by atoms with Crippen molar-refractivity contribution in [2.75, 3.05) is 6.61 Å². The number of esters is 1. The molecule has 0 saturated carbocycles. The first-order chi connectivity index (χ1) is 10.1. The second-order valence-electron chi connectivity index (χ2n) is 4.86. The summed E-state index contributed by atoms with van der Waals surface area (Å²) in [5, 5.41) is 2.45. The van der Waals surface area contributed by atoms with E-state index in [-0.39, 0.29) is 5.97 Å². The Bertz CT molecular complexity index is 590. The van der Waals surface area contributed by atoms with Gasteiger partial charge in [0.2, 0.25) is 0 Å². The molecule has 0 spiro atoms. The van der Waals surface area contributed by atoms with Gasteiger partial charge < -0.3 is 9.47 Å². The molecule has 0 fully saturated rings. The Kier molecular flexibility index (Phi) is 5.33. The minimum atomic E-state index is -0.388. The number of hydrogen-bond donors (Lipinski definition) is 0. The maximum Gasteiger partial charge on any atom is 0.357 e. The van der Waals surface area contributed by atoms with Crippen LogP contribution in [0.5, 0.6) is 5.75 Å². The van der Waals surface area contributed by atoms with Gasteiger partial charge in [-0.3, -0.25) is 0 Å². The van der Waals surface area contributed by atoms with E-state index in [1.807, 2.05) is 12.1 Å². The van der Waals surface area contributed by atoms with Crippen molar-refractivity contribution < 1.29 is 14.3 Å². The van der Waals surface area contributed by atoms with Gasteiger partial charge in [-0.15, -0.1) is 11.3 Å². The van der Waals surface area contributed by atoms with Crippen molar-refractivity contribution in [2.24, 2.45) is 0 Å². The van der Waals surface area contributed by atoms with Crippen LogP contribution >= 0.6 is 11.3 Å². The average molecular weight is 305 g/mol. The summed E-state index contributed by atoms with van der Waals surface area (Å²) in [4.78, 5) is 15.7. The molecule has 21 heavy (non-hydrogen) atoms. The number of ether oxygens (including phenoxy) is 2. The van der Waals surface area contributed by atoms with Crippen LogP contribution in [-0.4, -0.2) is 17.6 Å². The lowest BCUT2D eigenvalue weighted by Crippen LogP contribution is -2.05. The van der Waals surface area contributed by atoms with Gasteiger partial charge in [-0.1, -0.05) is 26.0 Å². The van der Waals surface area contributed by atoms with Gasteiger partial charge in [0, 0.05) is 5.38 Å². The van der Waals surface area contributed by atoms with E-state index in [1.165, 1.54) is 16.9 Å². The highest BCUT2D eigenvalue weighted by Gasteiger charge is 2.11. The molecule has 4 nitrogen and oxygen atoms in total. The number of rotatable bonds is 6. The minimum absolute atomic E-state index is 0.343. The largest absolute Gasteiger partial charge is 0.486 e. The van der Waals surface area contributed by atoms with E-state index >= 15 is 0 Å². The lowest BCUT2D eigenvalue weighted by atomic mass is 10.0. The molecule has 1 aromatic carbocycles. The molecule has 1 aromatic heterocycles. The van der Waals surface area contributed by atoms with E-state index in [1.54, 1.807) is 12.3 Å². The minimum Gasteiger partial charge on any atom is -0.486 e. The van der Waals surface area contributed by atoms with Crippen LogP contribution in [-0.2, 0) is 11.3 Å². The highest BCUT2D eigenvalue weighted by atomic mass is 32.1. The first-order valence-electron chi connectivity index (χ1n) is 6.94. The Morgan fingerprint density at radius 2 is 2.00 bits per heavy atom. The van der Waals surface area contributed by atoms with Crippen LogP contribution in [0.2, 0.25) is 0 Å². The molecule has 0 aliphatic carbocycles. The van der Waals surface area contributed by atoms with E-state index < -0.39 is 0 Å². The molecular formula is C16H19NO3S. The predicted octanol–water partition coefficient (Wildman–Crippen LogP) is 4.02. The zero-order chi connectivity index (χ0) is 15.2. The first-order valence-corrected chi connectivity index (χ1v) is 7.82. The number of aromatic nitrogens is 1. The third-order valence-corrected chi connectivity index (χ3v) is 3.77. The molecule has 0 amide bonds. The molecular weight excluding hydrogens is 286 g/mol. The second kappa shape index (κ2) is 7.22. The van der Waals surface area contributed by atoms with Crippen molar-refractivity contribution in [2.45, 2.75) is 33.3 Å². The molecule has 2 rings (SSSR count). The zero-order valence-corrected chi connectivity index (χ0v) is 13.3. The Labute approximate surface area is 128 Å². The van der Waals surface area contributed by atoms with Crippen LogP contribution in [0.25, 0.3) is 0 Å². The van der Waals surface area contributed by atoms with Gasteiger partial charge in [0.15, 0.2) is 5.69 Å². The van der Waals surface area contributed by atoms with Crippen LogP contribution in [0.4, 0.5) is 0 Å². The van der Waals surface area contributed by atoms with E-state index in [0.717, 1.165) is 10.8 Å². The van der Waals surface area contributed by atoms with Gasteiger partial charge in [-0.25, -0.2) is 9.78 Å². The number of carbonyl (C=O) groups is 1. The monoisotopic (exact) mass is 305 g/mol. The Hall–Kier alpha value is -1.88. The Balaban J connectivity index is 1.92. The summed E-state index contributed by atoms with van der Waals surface area (Å²) in [5.74, 6) is 0.915. The van der Waals surface area contributed by atoms with Crippen molar-refractivity contribution in [1.29, 1.82) is 0 Å². The second-order valence-corrected chi connectivity index (χ2v) is 5.80. The predicted molar refractivity (Wildman–Crippen MR) is 82.9 cm³/mol. The van der Waals surface area contributed by atoms with Gasteiger partial charge in [-0.05, 0) is 30.5 Å². The summed E-state index contributed by atoms with van der Waals surface area (Å²) in [6.45, 7) is 6.79. The Morgan fingerprint density at radius 3 is 2.62 bits per heavy atom. The van der Waals surface area contributed by atoms with Crippen LogP contribution in [0.1, 0.15) is 47.7 Å². The van der Waals surface area contributed by atoms with Crippen LogP contribution in [0.3, 0.4) is 0 Å². The smallest absolute Gasteiger partial charge is 0.357 e. The van der Waals surface area contributed by atoms with E-state index in [9.17, 15) is 4.79 Å². The molecule has 0 aliphatic rings. The zero-order valence-electron chi connectivity index (χ0n) is 12.5. The van der Waals surface area contributed by atoms with E-state index in [2.05, 4.69) is 31.0 Å². The van der Waals surface area contributed by atoms with Crippen molar-refractivity contribution >= 4 is 17.3 Å². The third kappa shape index (κ3) is 4.29. The fourth-order valence-corrected chi connectivity index (χ4v) is 2.44. The molecule has 112 valence electrons. The number of thiazole rings is 1. The molecule has 0 N–H and O–H groups in total. The van der Waals surface area contributed by atoms with Gasteiger partial charge in [0.25, 0.3) is 0 Å². The lowest BCUT2D eigenvalue weighted by molar-refractivity contribution is 0.0520. The van der Waals surface area contributed by atoms with Gasteiger partial charge in [-0.2, -0.15) is 0 Å². The molecule has 0 saturated heterocycles.